The molecule has 0 radical (unpaired) electrons. The molecular weight excluding hydrogens is 418 g/mol. The van der Waals surface area contributed by atoms with Crippen LogP contribution in [0.3, 0.4) is 0 Å². The smallest absolute Gasteiger partial charge is 0.255 e. The zero-order valence-corrected chi connectivity index (χ0v) is 19.8. The summed E-state index contributed by atoms with van der Waals surface area (Å²) in [5, 5.41) is 3.17. The molecule has 7 heteroatoms. The van der Waals surface area contributed by atoms with Crippen molar-refractivity contribution >= 4 is 17.7 Å². The molecule has 4 rings (SSSR count). The zero-order chi connectivity index (χ0) is 23.3. The number of benzene rings is 1. The van der Waals surface area contributed by atoms with Crippen molar-refractivity contribution in [3.05, 3.63) is 29.8 Å². The Labute approximate surface area is 196 Å². The lowest BCUT2D eigenvalue weighted by Gasteiger charge is -2.45. The van der Waals surface area contributed by atoms with Gasteiger partial charge in [-0.05, 0) is 50.7 Å². The maximum absolute atomic E-state index is 13.4. The second-order valence-corrected chi connectivity index (χ2v) is 9.98. The largest absolute Gasteiger partial charge is 0.493 e. The molecule has 33 heavy (non-hydrogen) atoms. The van der Waals surface area contributed by atoms with E-state index in [9.17, 15) is 14.4 Å². The molecular formula is C26H37N3O4. The topological polar surface area (TPSA) is 79.0 Å². The molecule has 1 spiro atoms. The van der Waals surface area contributed by atoms with Crippen LogP contribution in [0.1, 0.15) is 68.6 Å². The van der Waals surface area contributed by atoms with Gasteiger partial charge in [0, 0.05) is 51.0 Å². The van der Waals surface area contributed by atoms with Crippen molar-refractivity contribution < 1.29 is 19.1 Å². The van der Waals surface area contributed by atoms with Gasteiger partial charge in [-0.1, -0.05) is 25.0 Å². The second-order valence-electron chi connectivity index (χ2n) is 9.98. The number of nitrogens with one attached hydrogen (secondary N) is 1. The Morgan fingerprint density at radius 2 is 1.76 bits per heavy atom. The van der Waals surface area contributed by atoms with Gasteiger partial charge in [0.25, 0.3) is 5.91 Å². The first-order valence-electron chi connectivity index (χ1n) is 12.5. The summed E-state index contributed by atoms with van der Waals surface area (Å²) < 4.78 is 5.87. The number of carbonyl (C=O) groups is 3. The maximum Gasteiger partial charge on any atom is 0.255 e. The molecule has 0 saturated carbocycles. The predicted octanol–water partition coefficient (Wildman–Crippen LogP) is 3.24. The molecule has 3 heterocycles. The summed E-state index contributed by atoms with van der Waals surface area (Å²) in [4.78, 5) is 41.9. The van der Waals surface area contributed by atoms with E-state index in [1.807, 2.05) is 34.1 Å². The third-order valence-corrected chi connectivity index (χ3v) is 7.63. The average molecular weight is 456 g/mol. The number of ether oxygens (including phenoxy) is 1. The molecule has 0 aromatic heterocycles. The Kier molecular flexibility index (Phi) is 7.56. The molecule has 3 aliphatic rings. The third kappa shape index (κ3) is 5.68. The number of likely N-dealkylation sites (tertiary alicyclic amines) is 2. The van der Waals surface area contributed by atoms with E-state index in [0.717, 1.165) is 57.9 Å². The minimum absolute atomic E-state index is 0.000567. The van der Waals surface area contributed by atoms with Crippen LogP contribution < -0.4 is 10.1 Å². The van der Waals surface area contributed by atoms with E-state index >= 15 is 0 Å². The van der Waals surface area contributed by atoms with Crippen molar-refractivity contribution in [2.45, 2.75) is 58.3 Å². The molecule has 180 valence electrons. The van der Waals surface area contributed by atoms with Gasteiger partial charge in [0.05, 0.1) is 12.2 Å². The van der Waals surface area contributed by atoms with Gasteiger partial charge >= 0.3 is 0 Å². The number of hydrogen-bond donors (Lipinski definition) is 1. The fourth-order valence-corrected chi connectivity index (χ4v) is 5.64. The summed E-state index contributed by atoms with van der Waals surface area (Å²) in [6.07, 6.45) is 7.59. The van der Waals surface area contributed by atoms with Gasteiger partial charge in [-0.3, -0.25) is 14.4 Å². The first-order chi connectivity index (χ1) is 16.0. The Morgan fingerprint density at radius 1 is 1.00 bits per heavy atom. The van der Waals surface area contributed by atoms with E-state index in [1.165, 1.54) is 0 Å². The van der Waals surface area contributed by atoms with E-state index in [0.29, 0.717) is 44.1 Å². The molecule has 1 N–H and O–H groups in total. The lowest BCUT2D eigenvalue weighted by molar-refractivity contribution is -0.143. The molecule has 1 aromatic rings. The standard InChI is InChI=1S/C26H37N3O4/c1-20(30)28-15-10-21(11-16-28)25(32)29-14-7-13-26(19-29)12-5-2-6-17-33-23-9-4-3-8-22(23)24(31)27-18-26/h3-4,8-9,21H,2,5-7,10-19H2,1H3,(H,27,31). The van der Waals surface area contributed by atoms with E-state index in [2.05, 4.69) is 5.32 Å². The molecule has 1 aromatic carbocycles. The predicted molar refractivity (Wildman–Crippen MR) is 126 cm³/mol. The summed E-state index contributed by atoms with van der Waals surface area (Å²) in [7, 11) is 0. The fraction of sp³-hybridized carbons (Fsp3) is 0.654. The van der Waals surface area contributed by atoms with Crippen LogP contribution in [0.2, 0.25) is 0 Å². The van der Waals surface area contributed by atoms with E-state index in [-0.39, 0.29) is 29.1 Å². The van der Waals surface area contributed by atoms with E-state index in [1.54, 1.807) is 6.92 Å². The van der Waals surface area contributed by atoms with Crippen molar-refractivity contribution in [2.24, 2.45) is 11.3 Å². The molecule has 1 unspecified atom stereocenters. The van der Waals surface area contributed by atoms with E-state index in [4.69, 9.17) is 4.74 Å². The van der Waals surface area contributed by atoms with Crippen molar-refractivity contribution in [1.29, 1.82) is 0 Å². The minimum Gasteiger partial charge on any atom is -0.493 e. The van der Waals surface area contributed by atoms with Crippen molar-refractivity contribution in [3.63, 3.8) is 0 Å². The Hall–Kier alpha value is -2.57. The fourth-order valence-electron chi connectivity index (χ4n) is 5.64. The highest BCUT2D eigenvalue weighted by atomic mass is 16.5. The summed E-state index contributed by atoms with van der Waals surface area (Å²) >= 11 is 0. The quantitative estimate of drug-likeness (QED) is 0.705. The first-order valence-corrected chi connectivity index (χ1v) is 12.5. The normalized spacial score (nSPS) is 25.3. The lowest BCUT2D eigenvalue weighted by atomic mass is 9.75. The lowest BCUT2D eigenvalue weighted by Crippen LogP contribution is -2.53. The van der Waals surface area contributed by atoms with Crippen LogP contribution in [0.25, 0.3) is 0 Å². The number of amides is 3. The summed E-state index contributed by atoms with van der Waals surface area (Å²) in [6.45, 7) is 5.62. The van der Waals surface area contributed by atoms with Crippen LogP contribution in [0.15, 0.2) is 24.3 Å². The maximum atomic E-state index is 13.4. The Balaban J connectivity index is 1.44. The van der Waals surface area contributed by atoms with Crippen LogP contribution >= 0.6 is 0 Å². The molecule has 3 amide bonds. The number of hydrogen-bond acceptors (Lipinski definition) is 4. The summed E-state index contributed by atoms with van der Waals surface area (Å²) in [5.41, 5.74) is 0.493. The van der Waals surface area contributed by atoms with Gasteiger partial charge in [0.1, 0.15) is 5.75 Å². The highest BCUT2D eigenvalue weighted by Gasteiger charge is 2.39. The van der Waals surface area contributed by atoms with Gasteiger partial charge in [-0.2, -0.15) is 0 Å². The van der Waals surface area contributed by atoms with Crippen molar-refractivity contribution in [3.8, 4) is 5.75 Å². The highest BCUT2D eigenvalue weighted by molar-refractivity contribution is 5.96. The van der Waals surface area contributed by atoms with E-state index < -0.39 is 0 Å². The van der Waals surface area contributed by atoms with Crippen LogP contribution in [0.4, 0.5) is 0 Å². The van der Waals surface area contributed by atoms with Gasteiger partial charge in [0.15, 0.2) is 0 Å². The number of nitrogens with zero attached hydrogens (tertiary/aromatic N) is 2. The van der Waals surface area contributed by atoms with Crippen molar-refractivity contribution in [1.82, 2.24) is 15.1 Å². The number of carbonyl (C=O) groups excluding carboxylic acids is 3. The number of fused-ring (bicyclic) bond motifs is 1. The first kappa shape index (κ1) is 23.6. The average Bonchev–Trinajstić information content (AvgIpc) is 2.84. The third-order valence-electron chi connectivity index (χ3n) is 7.63. The Morgan fingerprint density at radius 3 is 2.55 bits per heavy atom. The van der Waals surface area contributed by atoms with Gasteiger partial charge in [-0.15, -0.1) is 0 Å². The van der Waals surface area contributed by atoms with Gasteiger partial charge in [0.2, 0.25) is 11.8 Å². The molecule has 3 aliphatic heterocycles. The van der Waals surface area contributed by atoms with Crippen LogP contribution in [0, 0.1) is 11.3 Å². The summed E-state index contributed by atoms with van der Waals surface area (Å²) in [5.74, 6) is 0.857. The van der Waals surface area contributed by atoms with Crippen LogP contribution in [-0.4, -0.2) is 66.9 Å². The number of rotatable bonds is 1. The molecule has 0 bridgehead atoms. The molecule has 0 aliphatic carbocycles. The second kappa shape index (κ2) is 10.6. The van der Waals surface area contributed by atoms with Crippen LogP contribution in [0.5, 0.6) is 5.75 Å². The molecule has 2 fully saturated rings. The van der Waals surface area contributed by atoms with Gasteiger partial charge < -0.3 is 19.9 Å². The summed E-state index contributed by atoms with van der Waals surface area (Å²) in [6, 6.07) is 7.43. The van der Waals surface area contributed by atoms with Crippen LogP contribution in [-0.2, 0) is 9.59 Å². The monoisotopic (exact) mass is 455 g/mol. The Bertz CT molecular complexity index is 865. The minimum atomic E-state index is -0.106. The van der Waals surface area contributed by atoms with Crippen molar-refractivity contribution in [2.75, 3.05) is 39.3 Å². The van der Waals surface area contributed by atoms with Gasteiger partial charge in [-0.25, -0.2) is 0 Å². The molecule has 2 saturated heterocycles. The number of para-hydroxylation sites is 1. The number of piperidine rings is 2. The molecule has 1 atom stereocenters. The SMILES string of the molecule is CC(=O)N1CCC(C(=O)N2CCCC3(CCCCCOc4ccccc4C(=O)NC3)C2)CC1. The zero-order valence-electron chi connectivity index (χ0n) is 19.8. The highest BCUT2D eigenvalue weighted by Crippen LogP contribution is 2.36. The molecule has 7 nitrogen and oxygen atoms in total.